The van der Waals surface area contributed by atoms with Crippen molar-refractivity contribution in [2.45, 2.75) is 18.5 Å². The van der Waals surface area contributed by atoms with E-state index in [4.69, 9.17) is 9.52 Å². The molecular weight excluding hydrogens is 313 g/mol. The largest absolute Gasteiger partial charge is 0.475 e. The number of carboxylic acids is 1. The predicted molar refractivity (Wildman–Crippen MR) is 74.5 cm³/mol. The van der Waals surface area contributed by atoms with Crippen molar-refractivity contribution in [3.8, 4) is 0 Å². The van der Waals surface area contributed by atoms with E-state index in [0.29, 0.717) is 13.1 Å². The minimum atomic E-state index is -4.87. The zero-order valence-corrected chi connectivity index (χ0v) is 11.9. The lowest BCUT2D eigenvalue weighted by atomic mass is 9.99. The van der Waals surface area contributed by atoms with Gasteiger partial charge in [0.25, 0.3) is 6.01 Å². The first-order valence-corrected chi connectivity index (χ1v) is 6.97. The van der Waals surface area contributed by atoms with Gasteiger partial charge in [-0.1, -0.05) is 30.3 Å². The SMILES string of the molecule is O=C(O)c1oc(N2CCC(c3ccccc3)C2)nc1C(F)(F)F. The summed E-state index contributed by atoms with van der Waals surface area (Å²) < 4.78 is 43.4. The van der Waals surface area contributed by atoms with Crippen molar-refractivity contribution in [2.24, 2.45) is 0 Å². The lowest BCUT2D eigenvalue weighted by molar-refractivity contribution is -0.141. The summed E-state index contributed by atoms with van der Waals surface area (Å²) >= 11 is 0. The molecule has 0 amide bonds. The molecule has 2 heterocycles. The summed E-state index contributed by atoms with van der Waals surface area (Å²) in [6.07, 6.45) is -4.13. The lowest BCUT2D eigenvalue weighted by Gasteiger charge is -2.13. The predicted octanol–water partition coefficient (Wildman–Crippen LogP) is 3.39. The molecule has 1 aromatic heterocycles. The average molecular weight is 326 g/mol. The molecule has 5 nitrogen and oxygen atoms in total. The second-order valence-corrected chi connectivity index (χ2v) is 5.32. The van der Waals surface area contributed by atoms with Gasteiger partial charge in [-0.2, -0.15) is 18.2 Å². The Labute approximate surface area is 129 Å². The highest BCUT2D eigenvalue weighted by Crippen LogP contribution is 2.36. The quantitative estimate of drug-likeness (QED) is 0.936. The Hall–Kier alpha value is -2.51. The second kappa shape index (κ2) is 5.60. The zero-order chi connectivity index (χ0) is 16.6. The molecule has 122 valence electrons. The molecule has 1 fully saturated rings. The maximum atomic E-state index is 12.8. The van der Waals surface area contributed by atoms with Crippen LogP contribution in [0.25, 0.3) is 0 Å². The Balaban J connectivity index is 1.85. The molecule has 2 aromatic rings. The summed E-state index contributed by atoms with van der Waals surface area (Å²) in [5, 5.41) is 8.86. The van der Waals surface area contributed by atoms with Crippen LogP contribution in [-0.2, 0) is 6.18 Å². The Morgan fingerprint density at radius 2 is 2.00 bits per heavy atom. The van der Waals surface area contributed by atoms with Gasteiger partial charge >= 0.3 is 12.1 Å². The Morgan fingerprint density at radius 3 is 2.57 bits per heavy atom. The summed E-state index contributed by atoms with van der Waals surface area (Å²) in [5.41, 5.74) is -0.417. The summed E-state index contributed by atoms with van der Waals surface area (Å²) in [6.45, 7) is 0.886. The number of carboxylic acid groups (broad SMARTS) is 1. The molecule has 0 spiro atoms. The molecule has 1 unspecified atom stereocenters. The molecule has 1 aliphatic rings. The van der Waals surface area contributed by atoms with E-state index >= 15 is 0 Å². The molecule has 3 rings (SSSR count). The topological polar surface area (TPSA) is 66.6 Å². The number of rotatable bonds is 3. The number of hydrogen-bond acceptors (Lipinski definition) is 4. The number of alkyl halides is 3. The van der Waals surface area contributed by atoms with Crippen LogP contribution < -0.4 is 4.90 Å². The average Bonchev–Trinajstić information content (AvgIpc) is 3.14. The molecule has 0 aliphatic carbocycles. The van der Waals surface area contributed by atoms with Crippen LogP contribution in [0.15, 0.2) is 34.7 Å². The molecule has 0 radical (unpaired) electrons. The van der Waals surface area contributed by atoms with Crippen molar-refractivity contribution in [2.75, 3.05) is 18.0 Å². The van der Waals surface area contributed by atoms with Crippen molar-refractivity contribution >= 4 is 12.0 Å². The van der Waals surface area contributed by atoms with Gasteiger partial charge in [0.1, 0.15) is 0 Å². The molecular formula is C15H13F3N2O3. The van der Waals surface area contributed by atoms with Crippen LogP contribution in [0.5, 0.6) is 0 Å². The summed E-state index contributed by atoms with van der Waals surface area (Å²) in [6, 6.07) is 9.29. The van der Waals surface area contributed by atoms with E-state index in [-0.39, 0.29) is 11.9 Å². The third-order valence-corrected chi connectivity index (χ3v) is 3.81. The van der Waals surface area contributed by atoms with Crippen molar-refractivity contribution in [3.05, 3.63) is 47.3 Å². The van der Waals surface area contributed by atoms with Crippen molar-refractivity contribution in [1.29, 1.82) is 0 Å². The van der Waals surface area contributed by atoms with E-state index in [1.165, 1.54) is 0 Å². The van der Waals surface area contributed by atoms with Crippen LogP contribution >= 0.6 is 0 Å². The van der Waals surface area contributed by atoms with E-state index < -0.39 is 23.6 Å². The van der Waals surface area contributed by atoms with Gasteiger partial charge in [0.15, 0.2) is 5.69 Å². The number of carbonyl (C=O) groups is 1. The number of halogens is 3. The fourth-order valence-corrected chi connectivity index (χ4v) is 2.71. The zero-order valence-electron chi connectivity index (χ0n) is 11.9. The third kappa shape index (κ3) is 3.01. The van der Waals surface area contributed by atoms with Gasteiger partial charge in [0.05, 0.1) is 0 Å². The van der Waals surface area contributed by atoms with Crippen LogP contribution in [0.1, 0.15) is 34.2 Å². The number of aromatic carboxylic acids is 1. The number of nitrogens with zero attached hydrogens (tertiary/aromatic N) is 2. The van der Waals surface area contributed by atoms with Crippen molar-refractivity contribution in [3.63, 3.8) is 0 Å². The molecule has 23 heavy (non-hydrogen) atoms. The van der Waals surface area contributed by atoms with Crippen LogP contribution in [0, 0.1) is 0 Å². The molecule has 1 atom stereocenters. The maximum absolute atomic E-state index is 12.8. The molecule has 0 saturated carbocycles. The molecule has 1 saturated heterocycles. The molecule has 1 aliphatic heterocycles. The maximum Gasteiger partial charge on any atom is 0.437 e. The number of benzene rings is 1. The van der Waals surface area contributed by atoms with Gasteiger partial charge < -0.3 is 14.4 Å². The number of oxazole rings is 1. The Kier molecular flexibility index (Phi) is 3.75. The summed E-state index contributed by atoms with van der Waals surface area (Å²) in [7, 11) is 0. The van der Waals surface area contributed by atoms with Crippen LogP contribution in [0.4, 0.5) is 19.2 Å². The fourth-order valence-electron chi connectivity index (χ4n) is 2.71. The first-order valence-electron chi connectivity index (χ1n) is 6.97. The molecule has 8 heteroatoms. The smallest absolute Gasteiger partial charge is 0.437 e. The highest BCUT2D eigenvalue weighted by atomic mass is 19.4. The van der Waals surface area contributed by atoms with Gasteiger partial charge in [0, 0.05) is 19.0 Å². The standard InChI is InChI=1S/C15H13F3N2O3/c16-15(17,18)12-11(13(21)22)23-14(19-12)20-7-6-10(8-20)9-4-2-1-3-5-9/h1-5,10H,6-8H2,(H,21,22). The fraction of sp³-hybridized carbons (Fsp3) is 0.333. The van der Waals surface area contributed by atoms with Gasteiger partial charge in [-0.25, -0.2) is 4.79 Å². The number of aromatic nitrogens is 1. The molecule has 1 aromatic carbocycles. The normalized spacial score (nSPS) is 18.4. The number of hydrogen-bond donors (Lipinski definition) is 1. The summed E-state index contributed by atoms with van der Waals surface area (Å²) in [5.74, 6) is -2.81. The Morgan fingerprint density at radius 1 is 1.30 bits per heavy atom. The van der Waals surface area contributed by atoms with E-state index in [0.717, 1.165) is 12.0 Å². The first kappa shape index (κ1) is 15.4. The lowest BCUT2D eigenvalue weighted by Crippen LogP contribution is -2.20. The summed E-state index contributed by atoms with van der Waals surface area (Å²) in [4.78, 5) is 15.8. The van der Waals surface area contributed by atoms with Crippen LogP contribution in [-0.4, -0.2) is 29.1 Å². The van der Waals surface area contributed by atoms with Crippen LogP contribution in [0.2, 0.25) is 0 Å². The van der Waals surface area contributed by atoms with Crippen LogP contribution in [0.3, 0.4) is 0 Å². The monoisotopic (exact) mass is 326 g/mol. The second-order valence-electron chi connectivity index (χ2n) is 5.32. The minimum Gasteiger partial charge on any atom is -0.475 e. The van der Waals surface area contributed by atoms with Gasteiger partial charge in [0.2, 0.25) is 5.76 Å². The molecule has 1 N–H and O–H groups in total. The van der Waals surface area contributed by atoms with Crippen molar-refractivity contribution in [1.82, 2.24) is 4.98 Å². The van der Waals surface area contributed by atoms with E-state index in [9.17, 15) is 18.0 Å². The van der Waals surface area contributed by atoms with Gasteiger partial charge in [-0.3, -0.25) is 0 Å². The van der Waals surface area contributed by atoms with E-state index in [1.54, 1.807) is 4.90 Å². The van der Waals surface area contributed by atoms with Crippen molar-refractivity contribution < 1.29 is 27.5 Å². The van der Waals surface area contributed by atoms with Gasteiger partial charge in [-0.05, 0) is 12.0 Å². The van der Waals surface area contributed by atoms with E-state index in [1.807, 2.05) is 30.3 Å². The number of anilines is 1. The first-order chi connectivity index (χ1) is 10.9. The Bertz CT molecular complexity index is 713. The molecule has 0 bridgehead atoms. The highest BCUT2D eigenvalue weighted by molar-refractivity contribution is 5.86. The minimum absolute atomic E-state index is 0.144. The van der Waals surface area contributed by atoms with E-state index in [2.05, 4.69) is 4.98 Å². The van der Waals surface area contributed by atoms with Gasteiger partial charge in [-0.15, -0.1) is 0 Å². The third-order valence-electron chi connectivity index (χ3n) is 3.81. The highest BCUT2D eigenvalue weighted by Gasteiger charge is 2.42.